The van der Waals surface area contributed by atoms with Crippen LogP contribution >= 0.6 is 0 Å². The second kappa shape index (κ2) is 8.13. The predicted octanol–water partition coefficient (Wildman–Crippen LogP) is 3.64. The topological polar surface area (TPSA) is 80.8 Å². The van der Waals surface area contributed by atoms with Gasteiger partial charge in [-0.05, 0) is 36.8 Å². The molecule has 0 aliphatic carbocycles. The Morgan fingerprint density at radius 2 is 2.00 bits per heavy atom. The molecule has 0 radical (unpaired) electrons. The number of nitrogens with zero attached hydrogens (tertiary/aromatic N) is 5. The Labute approximate surface area is 187 Å². The molecule has 0 amide bonds. The zero-order valence-corrected chi connectivity index (χ0v) is 17.7. The maximum atomic E-state index is 13.6. The zero-order chi connectivity index (χ0) is 23.2. The first-order chi connectivity index (χ1) is 15.8. The van der Waals surface area contributed by atoms with Crippen LogP contribution in [0.15, 0.2) is 55.0 Å². The molecule has 0 bridgehead atoms. The molecule has 2 aromatic heterocycles. The van der Waals surface area contributed by atoms with Gasteiger partial charge in [-0.3, -0.25) is 0 Å². The van der Waals surface area contributed by atoms with Crippen LogP contribution in [-0.2, 0) is 19.3 Å². The quantitative estimate of drug-likeness (QED) is 0.492. The highest BCUT2D eigenvalue weighted by molar-refractivity contribution is 5.60. The SMILES string of the molecule is Cc1cn(-c2ccc(-c3nc4n(n3)CCNC4c3ccccc3C(F)(F)F)cc2CO)cn1. The highest BCUT2D eigenvalue weighted by Gasteiger charge is 2.37. The van der Waals surface area contributed by atoms with Crippen molar-refractivity contribution < 1.29 is 18.3 Å². The lowest BCUT2D eigenvalue weighted by atomic mass is 9.98. The van der Waals surface area contributed by atoms with Gasteiger partial charge in [0.25, 0.3) is 0 Å². The number of hydrogen-bond acceptors (Lipinski definition) is 5. The van der Waals surface area contributed by atoms with Crippen LogP contribution in [0.25, 0.3) is 17.1 Å². The van der Waals surface area contributed by atoms with E-state index in [1.807, 2.05) is 29.8 Å². The van der Waals surface area contributed by atoms with Crippen molar-refractivity contribution in [1.82, 2.24) is 29.6 Å². The molecule has 33 heavy (non-hydrogen) atoms. The highest BCUT2D eigenvalue weighted by Crippen LogP contribution is 2.37. The van der Waals surface area contributed by atoms with Gasteiger partial charge >= 0.3 is 6.18 Å². The molecule has 1 aliphatic heterocycles. The lowest BCUT2D eigenvalue weighted by molar-refractivity contribution is -0.138. The minimum atomic E-state index is -4.47. The van der Waals surface area contributed by atoms with Crippen LogP contribution < -0.4 is 5.32 Å². The van der Waals surface area contributed by atoms with E-state index >= 15 is 0 Å². The van der Waals surface area contributed by atoms with E-state index in [0.29, 0.717) is 35.9 Å². The smallest absolute Gasteiger partial charge is 0.392 e. The van der Waals surface area contributed by atoms with Gasteiger partial charge in [-0.15, -0.1) is 0 Å². The fourth-order valence-electron chi connectivity index (χ4n) is 4.17. The summed E-state index contributed by atoms with van der Waals surface area (Å²) in [5.74, 6) is 0.819. The fraction of sp³-hybridized carbons (Fsp3) is 0.261. The Morgan fingerprint density at radius 1 is 1.18 bits per heavy atom. The minimum Gasteiger partial charge on any atom is -0.392 e. The molecular formula is C23H21F3N6O. The van der Waals surface area contributed by atoms with E-state index in [1.54, 1.807) is 23.1 Å². The number of imidazole rings is 1. The summed E-state index contributed by atoms with van der Waals surface area (Å²) in [6, 6.07) is 10.3. The van der Waals surface area contributed by atoms with Gasteiger partial charge < -0.3 is 15.0 Å². The van der Waals surface area contributed by atoms with Crippen molar-refractivity contribution in [3.05, 3.63) is 83.2 Å². The molecule has 2 aromatic carbocycles. The normalized spacial score (nSPS) is 16.1. The Hall–Kier alpha value is -3.50. The van der Waals surface area contributed by atoms with Gasteiger partial charge in [-0.2, -0.15) is 18.3 Å². The first-order valence-electron chi connectivity index (χ1n) is 10.4. The summed E-state index contributed by atoms with van der Waals surface area (Å²) < 4.78 is 44.3. The average molecular weight is 454 g/mol. The molecule has 4 aromatic rings. The average Bonchev–Trinajstić information content (AvgIpc) is 3.44. The number of benzene rings is 2. The number of aliphatic hydroxyl groups excluding tert-OH is 1. The number of aliphatic hydroxyl groups is 1. The summed E-state index contributed by atoms with van der Waals surface area (Å²) in [4.78, 5) is 8.83. The summed E-state index contributed by atoms with van der Waals surface area (Å²) in [7, 11) is 0. The second-order valence-corrected chi connectivity index (χ2v) is 7.91. The molecule has 0 spiro atoms. The maximum Gasteiger partial charge on any atom is 0.416 e. The van der Waals surface area contributed by atoms with E-state index in [9.17, 15) is 18.3 Å². The summed E-state index contributed by atoms with van der Waals surface area (Å²) in [6.45, 7) is 2.64. The minimum absolute atomic E-state index is 0.117. The van der Waals surface area contributed by atoms with Crippen LogP contribution in [0, 0.1) is 6.92 Å². The second-order valence-electron chi connectivity index (χ2n) is 7.91. The van der Waals surface area contributed by atoms with E-state index in [-0.39, 0.29) is 12.2 Å². The Kier molecular flexibility index (Phi) is 5.26. The van der Waals surface area contributed by atoms with Crippen molar-refractivity contribution in [2.45, 2.75) is 32.3 Å². The number of fused-ring (bicyclic) bond motifs is 1. The van der Waals surface area contributed by atoms with Crippen molar-refractivity contribution >= 4 is 0 Å². The fourth-order valence-corrected chi connectivity index (χ4v) is 4.17. The maximum absolute atomic E-state index is 13.6. The third-order valence-corrected chi connectivity index (χ3v) is 5.71. The van der Waals surface area contributed by atoms with Crippen molar-refractivity contribution in [1.29, 1.82) is 0 Å². The standard InChI is InChI=1S/C23H21F3N6O/c1-14-11-31(13-28-14)19-7-6-15(10-16(19)12-33)21-29-22-20(27-8-9-32(22)30-21)17-4-2-3-5-18(17)23(24,25)26/h2-7,10-11,13,20,27,33H,8-9,12H2,1H3. The monoisotopic (exact) mass is 454 g/mol. The zero-order valence-electron chi connectivity index (χ0n) is 17.7. The van der Waals surface area contributed by atoms with Gasteiger partial charge in [0, 0.05) is 23.9 Å². The number of rotatable bonds is 4. The van der Waals surface area contributed by atoms with Gasteiger partial charge in [0.05, 0.1) is 42.5 Å². The Bertz CT molecular complexity index is 1310. The first-order valence-corrected chi connectivity index (χ1v) is 10.4. The number of alkyl halides is 3. The van der Waals surface area contributed by atoms with Crippen LogP contribution in [0.1, 0.15) is 34.3 Å². The van der Waals surface area contributed by atoms with E-state index in [2.05, 4.69) is 20.4 Å². The molecule has 3 heterocycles. The van der Waals surface area contributed by atoms with Crippen LogP contribution in [0.2, 0.25) is 0 Å². The third kappa shape index (κ3) is 3.91. The lowest BCUT2D eigenvalue weighted by Crippen LogP contribution is -2.35. The Morgan fingerprint density at radius 3 is 2.73 bits per heavy atom. The molecule has 7 nitrogen and oxygen atoms in total. The largest absolute Gasteiger partial charge is 0.416 e. The molecule has 1 atom stereocenters. The molecule has 1 unspecified atom stereocenters. The molecule has 170 valence electrons. The lowest BCUT2D eigenvalue weighted by Gasteiger charge is -2.26. The number of nitrogens with one attached hydrogen (secondary N) is 1. The number of aromatic nitrogens is 5. The molecule has 0 saturated carbocycles. The Balaban J connectivity index is 1.55. The number of hydrogen-bond donors (Lipinski definition) is 2. The molecule has 1 aliphatic rings. The van der Waals surface area contributed by atoms with E-state index < -0.39 is 17.8 Å². The van der Waals surface area contributed by atoms with E-state index in [4.69, 9.17) is 0 Å². The van der Waals surface area contributed by atoms with Crippen LogP contribution in [0.3, 0.4) is 0 Å². The molecule has 5 rings (SSSR count). The number of aryl methyl sites for hydroxylation is 1. The molecular weight excluding hydrogens is 433 g/mol. The summed E-state index contributed by atoms with van der Waals surface area (Å²) in [6.07, 6.45) is -0.942. The summed E-state index contributed by atoms with van der Waals surface area (Å²) in [5, 5.41) is 17.6. The van der Waals surface area contributed by atoms with Gasteiger partial charge in [-0.25, -0.2) is 14.6 Å². The third-order valence-electron chi connectivity index (χ3n) is 5.71. The summed E-state index contributed by atoms with van der Waals surface area (Å²) >= 11 is 0. The molecule has 0 fully saturated rings. The molecule has 2 N–H and O–H groups in total. The van der Waals surface area contributed by atoms with Crippen molar-refractivity contribution in [3.63, 3.8) is 0 Å². The highest BCUT2D eigenvalue weighted by atomic mass is 19.4. The summed E-state index contributed by atoms with van der Waals surface area (Å²) in [5.41, 5.74) is 2.39. The van der Waals surface area contributed by atoms with Gasteiger partial charge in [0.15, 0.2) is 5.82 Å². The van der Waals surface area contributed by atoms with Crippen molar-refractivity contribution in [2.24, 2.45) is 0 Å². The van der Waals surface area contributed by atoms with Crippen LogP contribution in [0.5, 0.6) is 0 Å². The van der Waals surface area contributed by atoms with Gasteiger partial charge in [-0.1, -0.05) is 18.2 Å². The van der Waals surface area contributed by atoms with Crippen LogP contribution in [0.4, 0.5) is 13.2 Å². The van der Waals surface area contributed by atoms with Gasteiger partial charge in [0.2, 0.25) is 0 Å². The first kappa shape index (κ1) is 21.4. The molecule has 0 saturated heterocycles. The van der Waals surface area contributed by atoms with Crippen LogP contribution in [-0.4, -0.2) is 36.0 Å². The van der Waals surface area contributed by atoms with Crippen molar-refractivity contribution in [3.8, 4) is 17.1 Å². The molecule has 10 heteroatoms. The van der Waals surface area contributed by atoms with Crippen molar-refractivity contribution in [2.75, 3.05) is 6.54 Å². The van der Waals surface area contributed by atoms with Gasteiger partial charge in [0.1, 0.15) is 5.82 Å². The van der Waals surface area contributed by atoms with E-state index in [0.717, 1.165) is 17.4 Å². The predicted molar refractivity (Wildman–Crippen MR) is 115 cm³/mol. The van der Waals surface area contributed by atoms with E-state index in [1.165, 1.54) is 12.1 Å². The number of halogens is 3.